The first-order valence-corrected chi connectivity index (χ1v) is 5.56. The van der Waals surface area contributed by atoms with Crippen molar-refractivity contribution < 1.29 is 24.2 Å². The third-order valence-electron chi connectivity index (χ3n) is 1.95. The first-order valence-electron chi connectivity index (χ1n) is 5.56. The van der Waals surface area contributed by atoms with E-state index in [-0.39, 0.29) is 25.6 Å². The van der Waals surface area contributed by atoms with Gasteiger partial charge in [-0.15, -0.1) is 6.07 Å². The summed E-state index contributed by atoms with van der Waals surface area (Å²) in [4.78, 5) is 0. The molecule has 4 heteroatoms. The fraction of sp³-hybridized carbons (Fsp3) is 0.385. The van der Waals surface area contributed by atoms with Gasteiger partial charge in [0.25, 0.3) is 0 Å². The van der Waals surface area contributed by atoms with Crippen LogP contribution >= 0.6 is 0 Å². The fourth-order valence-electron chi connectivity index (χ4n) is 1.23. The molecule has 1 aromatic carbocycles. The molecule has 0 atom stereocenters. The first-order chi connectivity index (χ1) is 7.70. The van der Waals surface area contributed by atoms with Gasteiger partial charge in [0.15, 0.2) is 0 Å². The molecule has 2 N–H and O–H groups in total. The number of hydrogen-bond acceptors (Lipinski definition) is 3. The molecule has 3 nitrogen and oxygen atoms in total. The van der Waals surface area contributed by atoms with E-state index < -0.39 is 0 Å². The van der Waals surface area contributed by atoms with Gasteiger partial charge in [0, 0.05) is 5.75 Å². The third-order valence-corrected chi connectivity index (χ3v) is 1.95. The molecule has 1 fully saturated rings. The summed E-state index contributed by atoms with van der Waals surface area (Å²) in [5, 5.41) is 5.97. The predicted molar refractivity (Wildman–Crippen MR) is 67.0 cm³/mol. The van der Waals surface area contributed by atoms with Crippen molar-refractivity contribution in [1.29, 1.82) is 0 Å². The molecule has 17 heavy (non-hydrogen) atoms. The maximum Gasteiger partial charge on any atom is 2.00 e. The van der Waals surface area contributed by atoms with Crippen molar-refractivity contribution in [3.8, 4) is 5.75 Å². The van der Waals surface area contributed by atoms with Crippen LogP contribution in [0, 0.1) is 13.6 Å². The smallest absolute Gasteiger partial charge is 0.548 e. The van der Waals surface area contributed by atoms with Crippen LogP contribution in [0.5, 0.6) is 5.75 Å². The summed E-state index contributed by atoms with van der Waals surface area (Å²) in [5.41, 5.74) is 0.946. The molecule has 0 amide bonds. The van der Waals surface area contributed by atoms with Crippen LogP contribution in [-0.2, 0) is 19.5 Å². The van der Waals surface area contributed by atoms with Crippen molar-refractivity contribution in [2.24, 2.45) is 0 Å². The minimum absolute atomic E-state index is 0. The zero-order valence-electron chi connectivity index (χ0n) is 10.3. The van der Waals surface area contributed by atoms with Gasteiger partial charge in [-0.05, 0) is 26.9 Å². The van der Waals surface area contributed by atoms with Gasteiger partial charge in [-0.1, -0.05) is 12.1 Å². The van der Waals surface area contributed by atoms with E-state index in [9.17, 15) is 0 Å². The van der Waals surface area contributed by atoms with Crippen molar-refractivity contribution in [2.75, 3.05) is 13.1 Å². The van der Waals surface area contributed by atoms with Gasteiger partial charge in [-0.3, -0.25) is 0 Å². The van der Waals surface area contributed by atoms with Crippen LogP contribution in [0.2, 0.25) is 0 Å². The zero-order chi connectivity index (χ0) is 11.8. The summed E-state index contributed by atoms with van der Waals surface area (Å²) >= 11 is 0. The molecule has 0 aliphatic carbocycles. The van der Waals surface area contributed by atoms with E-state index >= 15 is 0 Å². The predicted octanol–water partition coefficient (Wildman–Crippen LogP) is 1.95. The Balaban J connectivity index is 0.000000360. The molecule has 0 unspecified atom stereocenters. The molecule has 1 aliphatic heterocycles. The molecule has 0 bridgehead atoms. The van der Waals surface area contributed by atoms with Crippen LogP contribution < -0.4 is 15.4 Å². The van der Waals surface area contributed by atoms with Gasteiger partial charge in [0.2, 0.25) is 0 Å². The van der Waals surface area contributed by atoms with Gasteiger partial charge in [0.05, 0.1) is 6.10 Å². The normalized spacial score (nSPS) is 13.6. The van der Waals surface area contributed by atoms with Crippen molar-refractivity contribution in [2.45, 2.75) is 20.0 Å². The number of ether oxygens (including phenoxy) is 1. The minimum Gasteiger partial charge on any atom is -0.548 e. The number of para-hydroxylation sites is 1. The zero-order valence-corrected chi connectivity index (χ0v) is 12.1. The van der Waals surface area contributed by atoms with Crippen molar-refractivity contribution in [1.82, 2.24) is 10.6 Å². The van der Waals surface area contributed by atoms with Crippen LogP contribution in [-0.4, -0.2) is 19.2 Å². The van der Waals surface area contributed by atoms with Crippen molar-refractivity contribution >= 4 is 0 Å². The summed E-state index contributed by atoms with van der Waals surface area (Å²) in [6.07, 6.45) is 0.220. The Morgan fingerprint density at radius 2 is 1.82 bits per heavy atom. The van der Waals surface area contributed by atoms with E-state index in [1.807, 2.05) is 44.8 Å². The van der Waals surface area contributed by atoms with Gasteiger partial charge in [-0.2, -0.15) is 18.6 Å². The largest absolute Gasteiger partial charge is 2.00 e. The van der Waals surface area contributed by atoms with Gasteiger partial charge < -0.3 is 15.4 Å². The maximum absolute atomic E-state index is 5.48. The first kappa shape index (κ1) is 16.4. The summed E-state index contributed by atoms with van der Waals surface area (Å²) in [6, 6.07) is 7.78. The average molecular weight is 321 g/mol. The molecule has 0 spiro atoms. The van der Waals surface area contributed by atoms with Gasteiger partial charge >= 0.3 is 19.5 Å². The third kappa shape index (κ3) is 7.37. The summed E-state index contributed by atoms with van der Waals surface area (Å²) < 4.78 is 5.48. The SMILES string of the molecule is [CH-]1NCCN1.[CH2-]c1ccccc1OC(C)C.[Ru+2]. The Kier molecular flexibility index (Phi) is 9.15. The standard InChI is InChI=1S/C10H13O.C3H7N2.Ru/c1-8(2)11-10-7-5-4-6-9(10)3;1-2-5-3-4-1;/h4-8H,3H2,1-2H3;3-5H,1-2H2;/q2*-1;+2. The minimum atomic E-state index is 0. The molecule has 2 rings (SSSR count). The van der Waals surface area contributed by atoms with Crippen LogP contribution in [0.1, 0.15) is 19.4 Å². The maximum atomic E-state index is 5.48. The molecule has 0 saturated carbocycles. The molecular weight excluding hydrogens is 301 g/mol. The molecule has 1 heterocycles. The number of hydrogen-bond donors (Lipinski definition) is 2. The summed E-state index contributed by atoms with van der Waals surface area (Å²) in [7, 11) is 0. The quantitative estimate of drug-likeness (QED) is 0.645. The second-order valence-electron chi connectivity index (χ2n) is 3.83. The molecule has 1 saturated heterocycles. The van der Waals surface area contributed by atoms with E-state index in [2.05, 4.69) is 17.6 Å². The molecular formula is C13H20N2ORu. The summed E-state index contributed by atoms with van der Waals surface area (Å²) in [6.45, 7) is 11.9. The van der Waals surface area contributed by atoms with E-state index in [0.29, 0.717) is 0 Å². The summed E-state index contributed by atoms with van der Waals surface area (Å²) in [5.74, 6) is 0.877. The second-order valence-corrected chi connectivity index (χ2v) is 3.83. The van der Waals surface area contributed by atoms with E-state index in [1.54, 1.807) is 0 Å². The molecule has 0 radical (unpaired) electrons. The Morgan fingerprint density at radius 1 is 1.24 bits per heavy atom. The van der Waals surface area contributed by atoms with Crippen LogP contribution in [0.25, 0.3) is 0 Å². The Labute approximate surface area is 117 Å². The molecule has 0 aromatic heterocycles. The van der Waals surface area contributed by atoms with E-state index in [4.69, 9.17) is 4.74 Å². The number of benzene rings is 1. The number of nitrogens with one attached hydrogen (secondary N) is 2. The Hall–Kier alpha value is -0.567. The monoisotopic (exact) mass is 322 g/mol. The van der Waals surface area contributed by atoms with E-state index in [1.165, 1.54) is 0 Å². The molecule has 1 aliphatic rings. The van der Waals surface area contributed by atoms with E-state index in [0.717, 1.165) is 24.4 Å². The van der Waals surface area contributed by atoms with Crippen molar-refractivity contribution in [3.63, 3.8) is 0 Å². The van der Waals surface area contributed by atoms with Crippen molar-refractivity contribution in [3.05, 3.63) is 43.4 Å². The Bertz CT molecular complexity index is 294. The number of rotatable bonds is 2. The van der Waals surface area contributed by atoms with Gasteiger partial charge in [0.1, 0.15) is 0 Å². The van der Waals surface area contributed by atoms with Crippen LogP contribution in [0.3, 0.4) is 0 Å². The fourth-order valence-corrected chi connectivity index (χ4v) is 1.23. The molecule has 96 valence electrons. The van der Waals surface area contributed by atoms with Crippen LogP contribution in [0.15, 0.2) is 24.3 Å². The van der Waals surface area contributed by atoms with Crippen LogP contribution in [0.4, 0.5) is 0 Å². The van der Waals surface area contributed by atoms with Gasteiger partial charge in [-0.25, -0.2) is 6.67 Å². The average Bonchev–Trinajstić information content (AvgIpc) is 2.79. The second kappa shape index (κ2) is 9.46. The topological polar surface area (TPSA) is 33.3 Å². The Morgan fingerprint density at radius 3 is 2.24 bits per heavy atom. The molecule has 1 aromatic rings.